The molecule has 2 atom stereocenters. The van der Waals surface area contributed by atoms with Crippen molar-refractivity contribution in [1.82, 2.24) is 5.32 Å². The van der Waals surface area contributed by atoms with E-state index in [4.69, 9.17) is 5.73 Å². The van der Waals surface area contributed by atoms with Crippen LogP contribution in [0, 0.1) is 0 Å². The highest BCUT2D eigenvalue weighted by molar-refractivity contribution is 5.79. The SMILES string of the molecule is CCCCCC(NC(C)CC)C(N)=O. The molecule has 3 heteroatoms. The molecule has 0 radical (unpaired) electrons. The third kappa shape index (κ3) is 5.97. The van der Waals surface area contributed by atoms with Crippen molar-refractivity contribution < 1.29 is 4.79 Å². The molecule has 0 saturated heterocycles. The van der Waals surface area contributed by atoms with Crippen LogP contribution in [0.15, 0.2) is 0 Å². The van der Waals surface area contributed by atoms with Gasteiger partial charge in [-0.1, -0.05) is 33.1 Å². The maximum absolute atomic E-state index is 11.1. The highest BCUT2D eigenvalue weighted by Gasteiger charge is 2.15. The van der Waals surface area contributed by atoms with E-state index in [1.165, 1.54) is 12.8 Å². The van der Waals surface area contributed by atoms with Gasteiger partial charge in [-0.15, -0.1) is 0 Å². The molecule has 0 aliphatic heterocycles. The lowest BCUT2D eigenvalue weighted by molar-refractivity contribution is -0.120. The summed E-state index contributed by atoms with van der Waals surface area (Å²) in [4.78, 5) is 11.1. The fourth-order valence-corrected chi connectivity index (χ4v) is 1.37. The van der Waals surface area contributed by atoms with Crippen molar-refractivity contribution in [3.8, 4) is 0 Å². The van der Waals surface area contributed by atoms with E-state index in [9.17, 15) is 4.79 Å². The summed E-state index contributed by atoms with van der Waals surface area (Å²) in [6.45, 7) is 6.33. The van der Waals surface area contributed by atoms with Crippen molar-refractivity contribution in [2.24, 2.45) is 5.73 Å². The first kappa shape index (κ1) is 13.4. The Hall–Kier alpha value is -0.570. The van der Waals surface area contributed by atoms with Crippen LogP contribution in [0.1, 0.15) is 52.9 Å². The molecule has 0 aromatic rings. The van der Waals surface area contributed by atoms with Crippen LogP contribution < -0.4 is 11.1 Å². The largest absolute Gasteiger partial charge is 0.368 e. The predicted octanol–water partition coefficient (Wildman–Crippen LogP) is 1.81. The van der Waals surface area contributed by atoms with Crippen LogP contribution in [0.2, 0.25) is 0 Å². The van der Waals surface area contributed by atoms with E-state index in [1.54, 1.807) is 0 Å². The summed E-state index contributed by atoms with van der Waals surface area (Å²) in [5.41, 5.74) is 5.32. The molecule has 0 aromatic carbocycles. The molecule has 0 saturated carbocycles. The Morgan fingerprint density at radius 3 is 2.43 bits per heavy atom. The molecule has 0 aliphatic carbocycles. The van der Waals surface area contributed by atoms with E-state index in [1.807, 2.05) is 0 Å². The minimum atomic E-state index is -0.221. The van der Waals surface area contributed by atoms with Crippen LogP contribution in [-0.2, 0) is 4.79 Å². The van der Waals surface area contributed by atoms with Gasteiger partial charge in [-0.3, -0.25) is 4.79 Å². The molecule has 14 heavy (non-hydrogen) atoms. The minimum absolute atomic E-state index is 0.142. The molecule has 0 aliphatic rings. The third-order valence-corrected chi connectivity index (χ3v) is 2.54. The van der Waals surface area contributed by atoms with E-state index in [-0.39, 0.29) is 11.9 Å². The van der Waals surface area contributed by atoms with Gasteiger partial charge in [0.25, 0.3) is 0 Å². The smallest absolute Gasteiger partial charge is 0.234 e. The highest BCUT2D eigenvalue weighted by Crippen LogP contribution is 2.04. The molecule has 84 valence electrons. The van der Waals surface area contributed by atoms with Crippen molar-refractivity contribution >= 4 is 5.91 Å². The summed E-state index contributed by atoms with van der Waals surface area (Å²) < 4.78 is 0. The average molecular weight is 200 g/mol. The molecule has 0 fully saturated rings. The van der Waals surface area contributed by atoms with Gasteiger partial charge >= 0.3 is 0 Å². The van der Waals surface area contributed by atoms with Gasteiger partial charge in [0.15, 0.2) is 0 Å². The van der Waals surface area contributed by atoms with E-state index in [2.05, 4.69) is 26.1 Å². The summed E-state index contributed by atoms with van der Waals surface area (Å²) in [6, 6.07) is 0.227. The maximum Gasteiger partial charge on any atom is 0.234 e. The molecular formula is C11H24N2O. The topological polar surface area (TPSA) is 55.1 Å². The summed E-state index contributed by atoms with van der Waals surface area (Å²) in [5.74, 6) is -0.221. The first-order valence-electron chi connectivity index (χ1n) is 5.67. The number of nitrogens with one attached hydrogen (secondary N) is 1. The second kappa shape index (κ2) is 7.80. The highest BCUT2D eigenvalue weighted by atomic mass is 16.1. The molecule has 0 heterocycles. The number of hydrogen-bond donors (Lipinski definition) is 2. The normalized spacial score (nSPS) is 15.1. The first-order valence-corrected chi connectivity index (χ1v) is 5.67. The monoisotopic (exact) mass is 200 g/mol. The number of unbranched alkanes of at least 4 members (excludes halogenated alkanes) is 2. The van der Waals surface area contributed by atoms with Crippen LogP contribution >= 0.6 is 0 Å². The van der Waals surface area contributed by atoms with E-state index >= 15 is 0 Å². The second-order valence-electron chi connectivity index (χ2n) is 3.93. The fourth-order valence-electron chi connectivity index (χ4n) is 1.37. The number of primary amides is 1. The third-order valence-electron chi connectivity index (χ3n) is 2.54. The standard InChI is InChI=1S/C11H24N2O/c1-4-6-7-8-10(11(12)14)13-9(3)5-2/h9-10,13H,4-8H2,1-3H3,(H2,12,14). The van der Waals surface area contributed by atoms with Crippen molar-refractivity contribution in [3.63, 3.8) is 0 Å². The van der Waals surface area contributed by atoms with Gasteiger partial charge in [-0.2, -0.15) is 0 Å². The van der Waals surface area contributed by atoms with Crippen molar-refractivity contribution in [3.05, 3.63) is 0 Å². The van der Waals surface area contributed by atoms with Crippen molar-refractivity contribution in [2.75, 3.05) is 0 Å². The Labute approximate surface area is 87.4 Å². The molecule has 0 spiro atoms. The maximum atomic E-state index is 11.1. The molecule has 0 aromatic heterocycles. The van der Waals surface area contributed by atoms with Gasteiger partial charge in [-0.25, -0.2) is 0 Å². The quantitative estimate of drug-likeness (QED) is 0.587. The van der Waals surface area contributed by atoms with Crippen LogP contribution in [-0.4, -0.2) is 18.0 Å². The van der Waals surface area contributed by atoms with Gasteiger partial charge in [0.05, 0.1) is 6.04 Å². The molecule has 0 rings (SSSR count). The molecule has 3 nitrogen and oxygen atoms in total. The summed E-state index contributed by atoms with van der Waals surface area (Å²) in [5, 5.41) is 3.25. The van der Waals surface area contributed by atoms with Crippen LogP contribution in [0.5, 0.6) is 0 Å². The number of rotatable bonds is 8. The van der Waals surface area contributed by atoms with E-state index in [0.29, 0.717) is 6.04 Å². The lowest BCUT2D eigenvalue weighted by atomic mass is 10.1. The van der Waals surface area contributed by atoms with Crippen LogP contribution in [0.25, 0.3) is 0 Å². The number of carbonyl (C=O) groups excluding carboxylic acids is 1. The fraction of sp³-hybridized carbons (Fsp3) is 0.909. The number of hydrogen-bond acceptors (Lipinski definition) is 2. The Morgan fingerprint density at radius 2 is 2.00 bits per heavy atom. The zero-order chi connectivity index (χ0) is 11.0. The van der Waals surface area contributed by atoms with E-state index in [0.717, 1.165) is 19.3 Å². The molecule has 0 bridgehead atoms. The van der Waals surface area contributed by atoms with Gasteiger partial charge in [0.1, 0.15) is 0 Å². The summed E-state index contributed by atoms with van der Waals surface area (Å²) >= 11 is 0. The lowest BCUT2D eigenvalue weighted by Gasteiger charge is -2.19. The zero-order valence-corrected chi connectivity index (χ0v) is 9.68. The second-order valence-corrected chi connectivity index (χ2v) is 3.93. The molecule has 2 unspecified atom stereocenters. The average Bonchev–Trinajstić information content (AvgIpc) is 2.16. The first-order chi connectivity index (χ1) is 6.61. The van der Waals surface area contributed by atoms with Crippen LogP contribution in [0.3, 0.4) is 0 Å². The predicted molar refractivity (Wildman–Crippen MR) is 60.0 cm³/mol. The number of amides is 1. The molecule has 3 N–H and O–H groups in total. The zero-order valence-electron chi connectivity index (χ0n) is 9.68. The van der Waals surface area contributed by atoms with Gasteiger partial charge in [-0.05, 0) is 19.8 Å². The van der Waals surface area contributed by atoms with Gasteiger partial charge in [0.2, 0.25) is 5.91 Å². The van der Waals surface area contributed by atoms with Crippen molar-refractivity contribution in [1.29, 1.82) is 0 Å². The number of carbonyl (C=O) groups is 1. The minimum Gasteiger partial charge on any atom is -0.368 e. The Balaban J connectivity index is 3.84. The van der Waals surface area contributed by atoms with Gasteiger partial charge in [0, 0.05) is 6.04 Å². The van der Waals surface area contributed by atoms with Crippen LogP contribution in [0.4, 0.5) is 0 Å². The lowest BCUT2D eigenvalue weighted by Crippen LogP contribution is -2.45. The summed E-state index contributed by atoms with van der Waals surface area (Å²) in [6.07, 6.45) is 5.32. The Bertz CT molecular complexity index is 159. The molecular weight excluding hydrogens is 176 g/mol. The number of nitrogens with two attached hydrogens (primary N) is 1. The molecule has 1 amide bonds. The Morgan fingerprint density at radius 1 is 1.36 bits per heavy atom. The van der Waals surface area contributed by atoms with Crippen molar-refractivity contribution in [2.45, 2.75) is 65.0 Å². The summed E-state index contributed by atoms with van der Waals surface area (Å²) in [7, 11) is 0. The Kier molecular flexibility index (Phi) is 7.48. The van der Waals surface area contributed by atoms with Gasteiger partial charge < -0.3 is 11.1 Å². The van der Waals surface area contributed by atoms with E-state index < -0.39 is 0 Å².